The van der Waals surface area contributed by atoms with E-state index in [1.807, 2.05) is 48.0 Å². The lowest BCUT2D eigenvalue weighted by Gasteiger charge is -2.14. The normalized spacial score (nSPS) is 12.1. The summed E-state index contributed by atoms with van der Waals surface area (Å²) >= 11 is 1.50. The molecule has 1 aromatic carbocycles. The first-order valence-corrected chi connectivity index (χ1v) is 13.1. The number of aliphatic hydroxyl groups excluding tert-OH is 1. The Morgan fingerprint density at radius 2 is 2.03 bits per heavy atom. The summed E-state index contributed by atoms with van der Waals surface area (Å²) in [6.45, 7) is 2.19. The summed E-state index contributed by atoms with van der Waals surface area (Å²) in [6.07, 6.45) is 4.76. The van der Waals surface area contributed by atoms with E-state index in [1.54, 1.807) is 28.9 Å². The number of hydrogen-bond donors (Lipinski definition) is 3. The minimum absolute atomic E-state index is 0.159. The Kier molecular flexibility index (Phi) is 7.25. The average Bonchev–Trinajstić information content (AvgIpc) is 3.59. The molecule has 0 saturated carbocycles. The van der Waals surface area contributed by atoms with Gasteiger partial charge in [0.25, 0.3) is 11.8 Å². The maximum Gasteiger partial charge on any atom is 0.270 e. The molecular formula is C28H27N5O3S. The van der Waals surface area contributed by atoms with Gasteiger partial charge in [0.05, 0.1) is 23.7 Å². The van der Waals surface area contributed by atoms with Gasteiger partial charge >= 0.3 is 0 Å². The van der Waals surface area contributed by atoms with Gasteiger partial charge in [-0.1, -0.05) is 19.1 Å². The molecule has 0 spiro atoms. The number of thiophene rings is 1. The lowest BCUT2D eigenvalue weighted by atomic mass is 10.1. The molecule has 0 bridgehead atoms. The van der Waals surface area contributed by atoms with Gasteiger partial charge in [-0.2, -0.15) is 11.3 Å². The first-order valence-electron chi connectivity index (χ1n) is 12.2. The van der Waals surface area contributed by atoms with E-state index >= 15 is 0 Å². The van der Waals surface area contributed by atoms with Crippen LogP contribution in [0.5, 0.6) is 0 Å². The van der Waals surface area contributed by atoms with Crippen LogP contribution in [0.2, 0.25) is 0 Å². The number of amides is 2. The van der Waals surface area contributed by atoms with E-state index in [9.17, 15) is 14.7 Å². The number of benzene rings is 1. The van der Waals surface area contributed by atoms with Crippen LogP contribution in [0.15, 0.2) is 71.7 Å². The van der Waals surface area contributed by atoms with E-state index in [2.05, 4.69) is 21.7 Å². The van der Waals surface area contributed by atoms with Crippen LogP contribution >= 0.6 is 11.3 Å². The van der Waals surface area contributed by atoms with Gasteiger partial charge in [0.15, 0.2) is 5.65 Å². The summed E-state index contributed by atoms with van der Waals surface area (Å²) in [5, 5.41) is 20.3. The third-order valence-corrected chi connectivity index (χ3v) is 7.00. The summed E-state index contributed by atoms with van der Waals surface area (Å²) in [6, 6.07) is 15.0. The number of fused-ring (bicyclic) bond motifs is 2. The monoisotopic (exact) mass is 513 g/mol. The minimum Gasteiger partial charge on any atom is -0.394 e. The van der Waals surface area contributed by atoms with Crippen molar-refractivity contribution in [3.8, 4) is 11.3 Å². The highest BCUT2D eigenvalue weighted by Crippen LogP contribution is 2.28. The van der Waals surface area contributed by atoms with E-state index in [1.165, 1.54) is 11.3 Å². The topological polar surface area (TPSA) is 109 Å². The number of carbonyl (C=O) groups excluding carboxylic acids is 2. The molecular weight excluding hydrogens is 486 g/mol. The van der Waals surface area contributed by atoms with Crippen LogP contribution in [0, 0.1) is 0 Å². The number of aliphatic hydroxyl groups is 1. The maximum absolute atomic E-state index is 13.3. The fourth-order valence-corrected chi connectivity index (χ4v) is 4.93. The minimum atomic E-state index is -0.370. The fraction of sp³-hybridized carbons (Fsp3) is 0.214. The summed E-state index contributed by atoms with van der Waals surface area (Å²) in [5.41, 5.74) is 4.46. The van der Waals surface area contributed by atoms with Crippen LogP contribution < -0.4 is 10.6 Å². The maximum atomic E-state index is 13.3. The zero-order chi connectivity index (χ0) is 25.8. The van der Waals surface area contributed by atoms with E-state index in [-0.39, 0.29) is 24.5 Å². The van der Waals surface area contributed by atoms with Crippen LogP contribution in [0.3, 0.4) is 0 Å². The molecule has 0 radical (unpaired) electrons. The van der Waals surface area contributed by atoms with Crippen molar-refractivity contribution in [1.29, 1.82) is 0 Å². The second kappa shape index (κ2) is 10.9. The summed E-state index contributed by atoms with van der Waals surface area (Å²) < 4.78 is 1.65. The molecule has 0 unspecified atom stereocenters. The number of rotatable bonds is 9. The SMILES string of the molecule is CC[C@@H](CO)NC(=O)c1c(-c2ccsc2)nc2c(C(=O)NCCc3ccc4ncccc4c3)cccn12. The van der Waals surface area contributed by atoms with Gasteiger partial charge in [-0.3, -0.25) is 19.0 Å². The lowest BCUT2D eigenvalue weighted by Crippen LogP contribution is -2.37. The third kappa shape index (κ3) is 5.09. The Morgan fingerprint density at radius 1 is 1.14 bits per heavy atom. The second-order valence-electron chi connectivity index (χ2n) is 8.73. The molecule has 4 aromatic heterocycles. The highest BCUT2D eigenvalue weighted by Gasteiger charge is 2.25. The van der Waals surface area contributed by atoms with Gasteiger partial charge in [0, 0.05) is 35.3 Å². The zero-order valence-corrected chi connectivity index (χ0v) is 21.2. The molecule has 2 amide bonds. The van der Waals surface area contributed by atoms with Crippen molar-refractivity contribution in [3.05, 3.63) is 88.5 Å². The Labute approximate surface area is 218 Å². The van der Waals surface area contributed by atoms with Crippen molar-refractivity contribution in [2.24, 2.45) is 0 Å². The molecule has 188 valence electrons. The molecule has 37 heavy (non-hydrogen) atoms. The Hall–Kier alpha value is -4.08. The number of pyridine rings is 2. The third-order valence-electron chi connectivity index (χ3n) is 6.32. The van der Waals surface area contributed by atoms with Crippen molar-refractivity contribution < 1.29 is 14.7 Å². The van der Waals surface area contributed by atoms with Crippen LogP contribution in [-0.2, 0) is 6.42 Å². The molecule has 1 atom stereocenters. The smallest absolute Gasteiger partial charge is 0.270 e. The van der Waals surface area contributed by atoms with Gasteiger partial charge < -0.3 is 15.7 Å². The van der Waals surface area contributed by atoms with Crippen molar-refractivity contribution in [2.45, 2.75) is 25.8 Å². The molecule has 0 aliphatic heterocycles. The first-order chi connectivity index (χ1) is 18.1. The van der Waals surface area contributed by atoms with E-state index in [4.69, 9.17) is 4.98 Å². The molecule has 0 saturated heterocycles. The average molecular weight is 514 g/mol. The van der Waals surface area contributed by atoms with E-state index in [0.717, 1.165) is 22.0 Å². The molecule has 0 aliphatic rings. The highest BCUT2D eigenvalue weighted by molar-refractivity contribution is 7.08. The Balaban J connectivity index is 1.41. The lowest BCUT2D eigenvalue weighted by molar-refractivity contribution is 0.0907. The number of hydrogen-bond acceptors (Lipinski definition) is 6. The Morgan fingerprint density at radius 3 is 2.81 bits per heavy atom. The number of imidazole rings is 1. The van der Waals surface area contributed by atoms with Crippen molar-refractivity contribution in [2.75, 3.05) is 13.2 Å². The summed E-state index contributed by atoms with van der Waals surface area (Å²) in [7, 11) is 0. The standard InChI is InChI=1S/C28H27N5O3S/c1-2-21(16-34)31-28(36)25-24(20-10-14-37-17-20)32-26-22(6-4-13-33(25)26)27(35)30-12-9-18-7-8-23-19(15-18)5-3-11-29-23/h3-8,10-11,13-15,17,21,34H,2,9,12,16H2,1H3,(H,30,35)(H,31,36)/t21-/m0/s1. The van der Waals surface area contributed by atoms with Gasteiger partial charge in [-0.25, -0.2) is 4.98 Å². The summed E-state index contributed by atoms with van der Waals surface area (Å²) in [4.78, 5) is 35.6. The molecule has 3 N–H and O–H groups in total. The molecule has 5 aromatic rings. The van der Waals surface area contributed by atoms with Gasteiger partial charge in [0.2, 0.25) is 0 Å². The molecule has 4 heterocycles. The molecule has 0 fully saturated rings. The Bertz CT molecular complexity index is 1560. The number of aromatic nitrogens is 3. The fourth-order valence-electron chi connectivity index (χ4n) is 4.29. The van der Waals surface area contributed by atoms with Crippen molar-refractivity contribution >= 4 is 39.7 Å². The highest BCUT2D eigenvalue weighted by atomic mass is 32.1. The van der Waals surface area contributed by atoms with Crippen LogP contribution in [0.25, 0.3) is 27.8 Å². The van der Waals surface area contributed by atoms with Crippen LogP contribution in [0.1, 0.15) is 39.8 Å². The van der Waals surface area contributed by atoms with Crippen LogP contribution in [-0.4, -0.2) is 50.5 Å². The molecule has 8 nitrogen and oxygen atoms in total. The first kappa shape index (κ1) is 24.6. The zero-order valence-electron chi connectivity index (χ0n) is 20.3. The molecule has 0 aliphatic carbocycles. The van der Waals surface area contributed by atoms with Crippen LogP contribution in [0.4, 0.5) is 0 Å². The number of nitrogens with one attached hydrogen (secondary N) is 2. The molecule has 9 heteroatoms. The quantitative estimate of drug-likeness (QED) is 0.275. The van der Waals surface area contributed by atoms with Gasteiger partial charge in [-0.15, -0.1) is 0 Å². The van der Waals surface area contributed by atoms with Crippen molar-refractivity contribution in [3.63, 3.8) is 0 Å². The van der Waals surface area contributed by atoms with Crippen molar-refractivity contribution in [1.82, 2.24) is 25.0 Å². The summed E-state index contributed by atoms with van der Waals surface area (Å²) in [5.74, 6) is -0.610. The molecule has 5 rings (SSSR count). The van der Waals surface area contributed by atoms with Gasteiger partial charge in [-0.05, 0) is 60.2 Å². The number of nitrogens with zero attached hydrogens (tertiary/aromatic N) is 3. The second-order valence-corrected chi connectivity index (χ2v) is 9.51. The van der Waals surface area contributed by atoms with E-state index < -0.39 is 0 Å². The predicted molar refractivity (Wildman–Crippen MR) is 145 cm³/mol. The number of carbonyl (C=O) groups is 2. The predicted octanol–water partition coefficient (Wildman–Crippen LogP) is 4.08. The largest absolute Gasteiger partial charge is 0.394 e. The van der Waals surface area contributed by atoms with Gasteiger partial charge in [0.1, 0.15) is 11.4 Å². The van der Waals surface area contributed by atoms with E-state index in [0.29, 0.717) is 42.0 Å².